The lowest BCUT2D eigenvalue weighted by Crippen LogP contribution is -2.30. The number of halogens is 1. The van der Waals surface area contributed by atoms with Crippen molar-refractivity contribution in [1.29, 1.82) is 0 Å². The van der Waals surface area contributed by atoms with Gasteiger partial charge in [-0.15, -0.1) is 0 Å². The third kappa shape index (κ3) is 5.53. The van der Waals surface area contributed by atoms with Gasteiger partial charge in [0.2, 0.25) is 15.9 Å². The highest BCUT2D eigenvalue weighted by Crippen LogP contribution is 2.35. The van der Waals surface area contributed by atoms with Crippen LogP contribution in [0.15, 0.2) is 45.8 Å². The fraction of sp³-hybridized carbons (Fsp3) is 0.381. The van der Waals surface area contributed by atoms with E-state index >= 15 is 0 Å². The molecule has 0 aromatic heterocycles. The van der Waals surface area contributed by atoms with E-state index in [4.69, 9.17) is 9.47 Å². The highest BCUT2D eigenvalue weighted by Gasteiger charge is 2.22. The minimum atomic E-state index is -3.69. The molecule has 3 rings (SSSR count). The van der Waals surface area contributed by atoms with E-state index in [2.05, 4.69) is 26.0 Å². The van der Waals surface area contributed by atoms with E-state index in [-0.39, 0.29) is 36.4 Å². The lowest BCUT2D eigenvalue weighted by molar-refractivity contribution is -0.121. The van der Waals surface area contributed by atoms with Gasteiger partial charge in [0.1, 0.15) is 17.6 Å². The molecule has 7 nitrogen and oxygen atoms in total. The van der Waals surface area contributed by atoms with Crippen LogP contribution in [0, 0.1) is 0 Å². The van der Waals surface area contributed by atoms with Crippen molar-refractivity contribution < 1.29 is 22.7 Å². The van der Waals surface area contributed by atoms with E-state index in [0.717, 1.165) is 29.0 Å². The molecule has 2 aromatic carbocycles. The van der Waals surface area contributed by atoms with Gasteiger partial charge in [0.25, 0.3) is 0 Å². The van der Waals surface area contributed by atoms with Gasteiger partial charge in [-0.05, 0) is 54.0 Å². The molecule has 9 heteroatoms. The summed E-state index contributed by atoms with van der Waals surface area (Å²) in [6.45, 7) is 4.71. The summed E-state index contributed by atoms with van der Waals surface area (Å²) < 4.78 is 39.2. The molecular weight excluding hydrogens is 472 g/mol. The molecule has 1 aliphatic heterocycles. The summed E-state index contributed by atoms with van der Waals surface area (Å²) >= 11 is 3.23. The van der Waals surface area contributed by atoms with Gasteiger partial charge in [-0.2, -0.15) is 0 Å². The summed E-state index contributed by atoms with van der Waals surface area (Å²) in [6.07, 6.45) is 0.975. The first-order valence-corrected chi connectivity index (χ1v) is 12.0. The molecule has 0 fully saturated rings. The summed E-state index contributed by atoms with van der Waals surface area (Å²) in [7, 11) is -3.69. The van der Waals surface area contributed by atoms with E-state index in [1.165, 1.54) is 6.07 Å². The number of ether oxygens (including phenoxy) is 2. The standard InChI is InChI=1S/C21H25BrN2O5S/c1-3-28-18-11-15-10-14(2)29-19(15)12-16(18)13-23-21(25)8-9-24-30(26,27)20-7-5-4-6-17(20)22/h4-7,11-12,14,24H,3,8-10,13H2,1-2H3,(H,23,25). The van der Waals surface area contributed by atoms with Crippen LogP contribution in [0.1, 0.15) is 31.4 Å². The summed E-state index contributed by atoms with van der Waals surface area (Å²) in [5.74, 6) is 1.28. The molecule has 2 aromatic rings. The van der Waals surface area contributed by atoms with Crippen molar-refractivity contribution in [2.24, 2.45) is 0 Å². The number of rotatable bonds is 9. The van der Waals surface area contributed by atoms with Gasteiger partial charge in [0.15, 0.2) is 0 Å². The molecule has 1 heterocycles. The summed E-state index contributed by atoms with van der Waals surface area (Å²) in [4.78, 5) is 12.4. The molecular formula is C21H25BrN2O5S. The maximum Gasteiger partial charge on any atom is 0.241 e. The number of hydrogen-bond acceptors (Lipinski definition) is 5. The molecule has 0 spiro atoms. The van der Waals surface area contributed by atoms with Crippen molar-refractivity contribution in [2.75, 3.05) is 13.2 Å². The lowest BCUT2D eigenvalue weighted by atomic mass is 10.1. The Bertz CT molecular complexity index is 1030. The summed E-state index contributed by atoms with van der Waals surface area (Å²) in [5.41, 5.74) is 1.93. The van der Waals surface area contributed by atoms with Crippen LogP contribution in [-0.2, 0) is 27.8 Å². The minimum Gasteiger partial charge on any atom is -0.494 e. The fourth-order valence-electron chi connectivity index (χ4n) is 3.23. The van der Waals surface area contributed by atoms with E-state index in [1.807, 2.05) is 26.0 Å². The van der Waals surface area contributed by atoms with Crippen LogP contribution in [0.4, 0.5) is 0 Å². The predicted molar refractivity (Wildman–Crippen MR) is 117 cm³/mol. The van der Waals surface area contributed by atoms with Crippen LogP contribution < -0.4 is 19.5 Å². The molecule has 0 saturated heterocycles. The molecule has 0 aliphatic carbocycles. The summed E-state index contributed by atoms with van der Waals surface area (Å²) in [5, 5.41) is 2.82. The van der Waals surface area contributed by atoms with Crippen molar-refractivity contribution in [2.45, 2.75) is 44.2 Å². The maximum absolute atomic E-state index is 12.4. The highest BCUT2D eigenvalue weighted by molar-refractivity contribution is 9.10. The number of nitrogens with one attached hydrogen (secondary N) is 2. The number of hydrogen-bond donors (Lipinski definition) is 2. The van der Waals surface area contributed by atoms with E-state index in [1.54, 1.807) is 18.2 Å². The Morgan fingerprint density at radius 3 is 2.80 bits per heavy atom. The van der Waals surface area contributed by atoms with Crippen molar-refractivity contribution in [3.63, 3.8) is 0 Å². The zero-order chi connectivity index (χ0) is 21.7. The van der Waals surface area contributed by atoms with Crippen molar-refractivity contribution in [3.8, 4) is 11.5 Å². The molecule has 1 atom stereocenters. The van der Waals surface area contributed by atoms with Gasteiger partial charge in [-0.1, -0.05) is 12.1 Å². The van der Waals surface area contributed by atoms with Crippen LogP contribution in [0.3, 0.4) is 0 Å². The zero-order valence-electron chi connectivity index (χ0n) is 16.9. The Morgan fingerprint density at radius 2 is 2.07 bits per heavy atom. The van der Waals surface area contributed by atoms with Crippen LogP contribution in [-0.4, -0.2) is 33.6 Å². The lowest BCUT2D eigenvalue weighted by Gasteiger charge is -2.13. The average Bonchev–Trinajstić information content (AvgIpc) is 3.05. The maximum atomic E-state index is 12.4. The van der Waals surface area contributed by atoms with Crippen LogP contribution in [0.2, 0.25) is 0 Å². The van der Waals surface area contributed by atoms with Gasteiger partial charge in [-0.25, -0.2) is 13.1 Å². The Kier molecular flexibility index (Phi) is 7.38. The van der Waals surface area contributed by atoms with Gasteiger partial charge >= 0.3 is 0 Å². The average molecular weight is 497 g/mol. The second-order valence-electron chi connectivity index (χ2n) is 6.99. The quantitative estimate of drug-likeness (QED) is 0.555. The van der Waals surface area contributed by atoms with Gasteiger partial charge < -0.3 is 14.8 Å². The topological polar surface area (TPSA) is 93.7 Å². The molecule has 30 heavy (non-hydrogen) atoms. The first kappa shape index (κ1) is 22.6. The third-order valence-electron chi connectivity index (χ3n) is 4.63. The van der Waals surface area contributed by atoms with Gasteiger partial charge in [0.05, 0.1) is 11.5 Å². The van der Waals surface area contributed by atoms with Gasteiger partial charge in [-0.3, -0.25) is 4.79 Å². The molecule has 1 unspecified atom stereocenters. The van der Waals surface area contributed by atoms with Crippen molar-refractivity contribution >= 4 is 31.9 Å². The fourth-order valence-corrected chi connectivity index (χ4v) is 5.26. The Morgan fingerprint density at radius 1 is 1.30 bits per heavy atom. The predicted octanol–water partition coefficient (Wildman–Crippen LogP) is 3.16. The molecule has 0 radical (unpaired) electrons. The third-order valence-corrected chi connectivity index (χ3v) is 7.10. The number of amides is 1. The number of fused-ring (bicyclic) bond motifs is 1. The Labute approximate surface area is 185 Å². The first-order valence-electron chi connectivity index (χ1n) is 9.76. The Hall–Kier alpha value is -2.10. The zero-order valence-corrected chi connectivity index (χ0v) is 19.3. The molecule has 162 valence electrons. The largest absolute Gasteiger partial charge is 0.494 e. The van der Waals surface area contributed by atoms with Crippen molar-refractivity contribution in [1.82, 2.24) is 10.0 Å². The number of carbonyl (C=O) groups is 1. The summed E-state index contributed by atoms with van der Waals surface area (Å²) in [6, 6.07) is 10.4. The van der Waals surface area contributed by atoms with E-state index in [9.17, 15) is 13.2 Å². The number of benzene rings is 2. The second-order valence-corrected chi connectivity index (χ2v) is 9.58. The normalized spacial score (nSPS) is 15.4. The van der Waals surface area contributed by atoms with Crippen LogP contribution >= 0.6 is 15.9 Å². The second kappa shape index (κ2) is 9.80. The number of sulfonamides is 1. The molecule has 1 amide bonds. The minimum absolute atomic E-state index is 0.00136. The monoisotopic (exact) mass is 496 g/mol. The Balaban J connectivity index is 1.55. The van der Waals surface area contributed by atoms with E-state index in [0.29, 0.717) is 11.1 Å². The van der Waals surface area contributed by atoms with E-state index < -0.39 is 10.0 Å². The van der Waals surface area contributed by atoms with Crippen LogP contribution in [0.5, 0.6) is 11.5 Å². The highest BCUT2D eigenvalue weighted by atomic mass is 79.9. The SMILES string of the molecule is CCOc1cc2c(cc1CNC(=O)CCNS(=O)(=O)c1ccccc1Br)OC(C)C2. The molecule has 0 saturated carbocycles. The smallest absolute Gasteiger partial charge is 0.241 e. The molecule has 0 bridgehead atoms. The van der Waals surface area contributed by atoms with Crippen molar-refractivity contribution in [3.05, 3.63) is 52.0 Å². The molecule has 1 aliphatic rings. The number of carbonyl (C=O) groups excluding carboxylic acids is 1. The van der Waals surface area contributed by atoms with Gasteiger partial charge in [0, 0.05) is 41.5 Å². The molecule has 2 N–H and O–H groups in total. The van der Waals surface area contributed by atoms with Crippen LogP contribution in [0.25, 0.3) is 0 Å². The first-order chi connectivity index (χ1) is 14.3.